The zero-order chi connectivity index (χ0) is 15.0. The van der Waals surface area contributed by atoms with E-state index in [4.69, 9.17) is 0 Å². The molecule has 1 heterocycles. The van der Waals surface area contributed by atoms with Gasteiger partial charge in [0.15, 0.2) is 5.69 Å². The minimum Gasteiger partial charge on any atom is -0.415 e. The van der Waals surface area contributed by atoms with Gasteiger partial charge in [-0.2, -0.15) is 8.78 Å². The summed E-state index contributed by atoms with van der Waals surface area (Å²) >= 11 is 0. The molecule has 2 rings (SSSR count). The molecule has 0 spiro atoms. The van der Waals surface area contributed by atoms with Crippen molar-refractivity contribution in [3.05, 3.63) is 47.3 Å². The largest absolute Gasteiger partial charge is 0.415 e. The second kappa shape index (κ2) is 4.91. The predicted molar refractivity (Wildman–Crippen MR) is 54.4 cm³/mol. The molecule has 0 saturated heterocycles. The molecule has 106 valence electrons. The highest BCUT2D eigenvalue weighted by atomic mass is 19.2. The van der Waals surface area contributed by atoms with E-state index in [0.717, 1.165) is 6.20 Å². The van der Waals surface area contributed by atoms with Crippen LogP contribution in [-0.4, -0.2) is 15.5 Å². The number of esters is 1. The summed E-state index contributed by atoms with van der Waals surface area (Å²) in [4.78, 5) is 15.0. The van der Waals surface area contributed by atoms with Gasteiger partial charge in [0, 0.05) is 13.2 Å². The molecule has 0 atom stereocenters. The van der Waals surface area contributed by atoms with E-state index in [-0.39, 0.29) is 5.69 Å². The Morgan fingerprint density at radius 3 is 2.00 bits per heavy atom. The number of nitrogens with zero attached hydrogens (tertiary/aromatic N) is 2. The highest BCUT2D eigenvalue weighted by Crippen LogP contribution is 2.29. The van der Waals surface area contributed by atoms with Crippen molar-refractivity contribution >= 4 is 5.97 Å². The van der Waals surface area contributed by atoms with Crippen LogP contribution in [0.2, 0.25) is 0 Å². The van der Waals surface area contributed by atoms with Gasteiger partial charge in [0.2, 0.25) is 34.8 Å². The molecule has 1 aromatic heterocycles. The summed E-state index contributed by atoms with van der Waals surface area (Å²) in [6.07, 6.45) is 2.34. The summed E-state index contributed by atoms with van der Waals surface area (Å²) in [5, 5.41) is 0. The smallest absolute Gasteiger partial charge is 0.364 e. The molecule has 0 radical (unpaired) electrons. The summed E-state index contributed by atoms with van der Waals surface area (Å²) in [7, 11) is 1.50. The molecule has 9 heteroatoms. The average Bonchev–Trinajstić information content (AvgIpc) is 2.85. The Bertz CT molecular complexity index is 669. The maximum atomic E-state index is 13.3. The van der Waals surface area contributed by atoms with Crippen LogP contribution in [0.1, 0.15) is 10.5 Å². The number of aryl methyl sites for hydroxylation is 1. The molecule has 1 aromatic carbocycles. The third-order valence-corrected chi connectivity index (χ3v) is 2.28. The Labute approximate surface area is 108 Å². The first kappa shape index (κ1) is 14.0. The number of hydrogen-bond donors (Lipinski definition) is 0. The molecule has 2 aromatic rings. The fraction of sp³-hybridized carbons (Fsp3) is 0.0909. The van der Waals surface area contributed by atoms with Crippen LogP contribution < -0.4 is 4.74 Å². The highest BCUT2D eigenvalue weighted by molar-refractivity contribution is 5.88. The monoisotopic (exact) mass is 292 g/mol. The van der Waals surface area contributed by atoms with Gasteiger partial charge in [-0.3, -0.25) is 0 Å². The lowest BCUT2D eigenvalue weighted by molar-refractivity contribution is 0.0710. The van der Waals surface area contributed by atoms with Crippen molar-refractivity contribution in [2.75, 3.05) is 0 Å². The van der Waals surface area contributed by atoms with Crippen molar-refractivity contribution < 1.29 is 31.5 Å². The fourth-order valence-electron chi connectivity index (χ4n) is 1.34. The standard InChI is InChI=1S/C11H5F5N2O2/c1-18-2-4(17-3-18)11(19)20-10-8(15)6(13)5(12)7(14)9(10)16/h2-3H,1H3. The number of ether oxygens (including phenoxy) is 1. The Kier molecular flexibility index (Phi) is 3.43. The molecule has 0 N–H and O–H groups in total. The first-order valence-electron chi connectivity index (χ1n) is 5.04. The van der Waals surface area contributed by atoms with E-state index in [1.54, 1.807) is 0 Å². The molecule has 0 saturated carbocycles. The average molecular weight is 292 g/mol. The van der Waals surface area contributed by atoms with Crippen LogP contribution >= 0.6 is 0 Å². The number of rotatable bonds is 2. The van der Waals surface area contributed by atoms with E-state index < -0.39 is 40.8 Å². The lowest BCUT2D eigenvalue weighted by Gasteiger charge is -2.07. The molecule has 0 unspecified atom stereocenters. The Morgan fingerprint density at radius 2 is 1.55 bits per heavy atom. The van der Waals surface area contributed by atoms with Gasteiger partial charge < -0.3 is 9.30 Å². The number of halogens is 5. The predicted octanol–water partition coefficient (Wildman–Crippen LogP) is 2.33. The molecule has 0 amide bonds. The molecule has 0 bridgehead atoms. The molecular formula is C11H5F5N2O2. The van der Waals surface area contributed by atoms with Crippen molar-refractivity contribution in [3.8, 4) is 5.75 Å². The molecule has 0 aliphatic rings. The van der Waals surface area contributed by atoms with Crippen LogP contribution in [0.4, 0.5) is 22.0 Å². The molecular weight excluding hydrogens is 287 g/mol. The number of carbonyl (C=O) groups excluding carboxylic acids is 1. The van der Waals surface area contributed by atoms with Crippen molar-refractivity contribution in [3.63, 3.8) is 0 Å². The summed E-state index contributed by atoms with van der Waals surface area (Å²) in [6.45, 7) is 0. The van der Waals surface area contributed by atoms with Crippen LogP contribution in [0, 0.1) is 29.1 Å². The number of hydrogen-bond acceptors (Lipinski definition) is 3. The third kappa shape index (κ3) is 2.22. The second-order valence-electron chi connectivity index (χ2n) is 3.71. The van der Waals surface area contributed by atoms with Crippen molar-refractivity contribution in [2.24, 2.45) is 7.05 Å². The maximum absolute atomic E-state index is 13.3. The summed E-state index contributed by atoms with van der Waals surface area (Å²) in [6, 6.07) is 0. The topological polar surface area (TPSA) is 44.1 Å². The maximum Gasteiger partial charge on any atom is 0.364 e. The molecule has 20 heavy (non-hydrogen) atoms. The van der Waals surface area contributed by atoms with Crippen LogP contribution in [-0.2, 0) is 7.05 Å². The highest BCUT2D eigenvalue weighted by Gasteiger charge is 2.29. The Morgan fingerprint density at radius 1 is 1.05 bits per heavy atom. The summed E-state index contributed by atoms with van der Waals surface area (Å²) < 4.78 is 70.6. The van der Waals surface area contributed by atoms with Crippen LogP contribution in [0.25, 0.3) is 0 Å². The van der Waals surface area contributed by atoms with E-state index in [1.165, 1.54) is 17.9 Å². The van der Waals surface area contributed by atoms with Gasteiger partial charge in [-0.15, -0.1) is 0 Å². The SMILES string of the molecule is Cn1cnc(C(=O)Oc2c(F)c(F)c(F)c(F)c2F)c1. The third-order valence-electron chi connectivity index (χ3n) is 2.28. The lowest BCUT2D eigenvalue weighted by Crippen LogP contribution is -2.14. The van der Waals surface area contributed by atoms with Gasteiger partial charge in [0.1, 0.15) is 0 Å². The second-order valence-corrected chi connectivity index (χ2v) is 3.71. The van der Waals surface area contributed by atoms with Crippen LogP contribution in [0.3, 0.4) is 0 Å². The van der Waals surface area contributed by atoms with Gasteiger partial charge in [0.25, 0.3) is 0 Å². The number of imidazole rings is 1. The lowest BCUT2D eigenvalue weighted by atomic mass is 10.2. The van der Waals surface area contributed by atoms with Crippen LogP contribution in [0.15, 0.2) is 12.5 Å². The first-order valence-corrected chi connectivity index (χ1v) is 5.04. The summed E-state index contributed by atoms with van der Waals surface area (Å²) in [5.41, 5.74) is -0.351. The van der Waals surface area contributed by atoms with Crippen LogP contribution in [0.5, 0.6) is 5.75 Å². The zero-order valence-electron chi connectivity index (χ0n) is 9.76. The van der Waals surface area contributed by atoms with Gasteiger partial charge in [-0.25, -0.2) is 22.9 Å². The van der Waals surface area contributed by atoms with Crippen molar-refractivity contribution in [1.29, 1.82) is 0 Å². The van der Waals surface area contributed by atoms with Gasteiger partial charge in [-0.1, -0.05) is 0 Å². The van der Waals surface area contributed by atoms with E-state index in [0.29, 0.717) is 0 Å². The van der Waals surface area contributed by atoms with E-state index in [2.05, 4.69) is 9.72 Å². The molecule has 0 fully saturated rings. The minimum absolute atomic E-state index is 0.351. The van der Waals surface area contributed by atoms with Crippen molar-refractivity contribution in [1.82, 2.24) is 9.55 Å². The first-order chi connectivity index (χ1) is 9.32. The van der Waals surface area contributed by atoms with E-state index >= 15 is 0 Å². The quantitative estimate of drug-likeness (QED) is 0.280. The number of aromatic nitrogens is 2. The number of benzene rings is 1. The zero-order valence-corrected chi connectivity index (χ0v) is 9.76. The molecule has 0 aliphatic carbocycles. The van der Waals surface area contributed by atoms with Gasteiger partial charge in [-0.05, 0) is 0 Å². The Hall–Kier alpha value is -2.45. The fourth-order valence-corrected chi connectivity index (χ4v) is 1.34. The van der Waals surface area contributed by atoms with E-state index in [1.807, 2.05) is 0 Å². The molecule has 0 aliphatic heterocycles. The molecule has 4 nitrogen and oxygen atoms in total. The van der Waals surface area contributed by atoms with Crippen molar-refractivity contribution in [2.45, 2.75) is 0 Å². The minimum atomic E-state index is -2.34. The van der Waals surface area contributed by atoms with Gasteiger partial charge >= 0.3 is 5.97 Å². The summed E-state index contributed by atoms with van der Waals surface area (Å²) in [5.74, 6) is -14.2. The van der Waals surface area contributed by atoms with Gasteiger partial charge in [0.05, 0.1) is 6.33 Å². The number of carbonyl (C=O) groups is 1. The Balaban J connectivity index is 2.42. The van der Waals surface area contributed by atoms with E-state index in [9.17, 15) is 26.7 Å². The normalized spacial score (nSPS) is 10.7.